The summed E-state index contributed by atoms with van der Waals surface area (Å²) < 4.78 is 0. The van der Waals surface area contributed by atoms with Gasteiger partial charge in [0.15, 0.2) is 11.5 Å². The van der Waals surface area contributed by atoms with Crippen LogP contribution in [0.4, 0.5) is 5.69 Å². The summed E-state index contributed by atoms with van der Waals surface area (Å²) in [6, 6.07) is 25.1. The van der Waals surface area contributed by atoms with Gasteiger partial charge in [-0.2, -0.15) is 5.48 Å². The van der Waals surface area contributed by atoms with Gasteiger partial charge in [-0.05, 0) is 24.3 Å². The van der Waals surface area contributed by atoms with E-state index < -0.39 is 0 Å². The predicted molar refractivity (Wildman–Crippen MR) is 100 cm³/mol. The third-order valence-corrected chi connectivity index (χ3v) is 3.64. The van der Waals surface area contributed by atoms with Crippen LogP contribution >= 0.6 is 0 Å². The molecular formula is C21H18N2O3. The van der Waals surface area contributed by atoms with Crippen LogP contribution in [0.2, 0.25) is 0 Å². The molecule has 0 bridgehead atoms. The molecule has 0 aromatic heterocycles. The second kappa shape index (κ2) is 8.48. The van der Waals surface area contributed by atoms with Crippen molar-refractivity contribution in [3.8, 4) is 5.75 Å². The number of rotatable bonds is 7. The van der Waals surface area contributed by atoms with Gasteiger partial charge in [0.2, 0.25) is 0 Å². The minimum absolute atomic E-state index is 0.0760. The van der Waals surface area contributed by atoms with Crippen LogP contribution in [0.5, 0.6) is 5.75 Å². The molecule has 0 saturated heterocycles. The van der Waals surface area contributed by atoms with Gasteiger partial charge in [0.1, 0.15) is 0 Å². The molecule has 3 rings (SSSR count). The van der Waals surface area contributed by atoms with Crippen LogP contribution in [0.1, 0.15) is 15.9 Å². The molecule has 1 amide bonds. The van der Waals surface area contributed by atoms with E-state index in [1.807, 2.05) is 48.5 Å². The Morgan fingerprint density at radius 1 is 0.769 bits per heavy atom. The zero-order valence-corrected chi connectivity index (χ0v) is 14.0. The largest absolute Gasteiger partial charge is 0.379 e. The smallest absolute Gasteiger partial charge is 0.271 e. The minimum Gasteiger partial charge on any atom is -0.379 e. The van der Waals surface area contributed by atoms with Crippen LogP contribution in [0.25, 0.3) is 0 Å². The van der Waals surface area contributed by atoms with Gasteiger partial charge in [-0.25, -0.2) is 0 Å². The van der Waals surface area contributed by atoms with Crippen molar-refractivity contribution in [3.05, 3.63) is 96.1 Å². The molecule has 2 N–H and O–H groups in total. The molecule has 5 heteroatoms. The molecule has 26 heavy (non-hydrogen) atoms. The van der Waals surface area contributed by atoms with Crippen LogP contribution in [0.3, 0.4) is 0 Å². The molecule has 130 valence electrons. The lowest BCUT2D eigenvalue weighted by molar-refractivity contribution is -0.125. The molecule has 0 spiro atoms. The van der Waals surface area contributed by atoms with Gasteiger partial charge in [-0.3, -0.25) is 9.59 Å². The van der Waals surface area contributed by atoms with Gasteiger partial charge in [0, 0.05) is 16.8 Å². The van der Waals surface area contributed by atoms with Crippen molar-refractivity contribution in [1.29, 1.82) is 0 Å². The Bertz CT molecular complexity index is 880. The highest BCUT2D eigenvalue weighted by Crippen LogP contribution is 2.16. The van der Waals surface area contributed by atoms with E-state index in [4.69, 9.17) is 4.84 Å². The van der Waals surface area contributed by atoms with E-state index in [0.29, 0.717) is 16.9 Å². The van der Waals surface area contributed by atoms with E-state index in [1.54, 1.807) is 36.4 Å². The van der Waals surface area contributed by atoms with E-state index in [-0.39, 0.29) is 18.2 Å². The van der Waals surface area contributed by atoms with Crippen molar-refractivity contribution in [3.63, 3.8) is 0 Å². The molecule has 0 unspecified atom stereocenters. The summed E-state index contributed by atoms with van der Waals surface area (Å²) in [4.78, 5) is 29.6. The maximum Gasteiger partial charge on any atom is 0.271 e. The van der Waals surface area contributed by atoms with E-state index in [1.165, 1.54) is 0 Å². The summed E-state index contributed by atoms with van der Waals surface area (Å²) in [6.45, 7) is 0.0760. The van der Waals surface area contributed by atoms with Gasteiger partial charge in [0.05, 0.1) is 6.54 Å². The molecule has 0 atom stereocenters. The SMILES string of the molecule is O=C(CNc1ccccc1)NOc1cccc(C(=O)c2ccccc2)c1. The lowest BCUT2D eigenvalue weighted by atomic mass is 10.0. The van der Waals surface area contributed by atoms with Crippen molar-refractivity contribution < 1.29 is 14.4 Å². The number of hydrogen-bond acceptors (Lipinski definition) is 4. The quantitative estimate of drug-likeness (QED) is 0.508. The van der Waals surface area contributed by atoms with Crippen molar-refractivity contribution >= 4 is 17.4 Å². The van der Waals surface area contributed by atoms with E-state index in [2.05, 4.69) is 10.8 Å². The highest BCUT2D eigenvalue weighted by molar-refractivity contribution is 6.09. The lowest BCUT2D eigenvalue weighted by Crippen LogP contribution is -2.32. The number of anilines is 1. The Morgan fingerprint density at radius 3 is 2.15 bits per heavy atom. The zero-order valence-electron chi connectivity index (χ0n) is 14.0. The molecule has 0 heterocycles. The summed E-state index contributed by atoms with van der Waals surface area (Å²) in [5.41, 5.74) is 4.30. The number of benzene rings is 3. The normalized spacial score (nSPS) is 10.0. The maximum absolute atomic E-state index is 12.4. The van der Waals surface area contributed by atoms with Gasteiger partial charge >= 0.3 is 0 Å². The number of carbonyl (C=O) groups excluding carboxylic acids is 2. The first-order chi connectivity index (χ1) is 12.7. The first-order valence-electron chi connectivity index (χ1n) is 8.17. The number of nitrogens with one attached hydrogen (secondary N) is 2. The molecular weight excluding hydrogens is 328 g/mol. The van der Waals surface area contributed by atoms with E-state index >= 15 is 0 Å². The van der Waals surface area contributed by atoms with Gasteiger partial charge in [-0.1, -0.05) is 60.7 Å². The molecule has 0 fully saturated rings. The van der Waals surface area contributed by atoms with Crippen molar-refractivity contribution in [2.75, 3.05) is 11.9 Å². The highest BCUT2D eigenvalue weighted by atomic mass is 16.7. The Kier molecular flexibility index (Phi) is 5.62. The van der Waals surface area contributed by atoms with Crippen LogP contribution < -0.4 is 15.6 Å². The topological polar surface area (TPSA) is 67.4 Å². The Hall–Kier alpha value is -3.60. The number of amides is 1. The second-order valence-electron chi connectivity index (χ2n) is 5.57. The van der Waals surface area contributed by atoms with Crippen LogP contribution in [-0.2, 0) is 4.79 Å². The minimum atomic E-state index is -0.325. The molecule has 0 aliphatic carbocycles. The average Bonchev–Trinajstić information content (AvgIpc) is 2.72. The monoisotopic (exact) mass is 346 g/mol. The molecule has 3 aromatic carbocycles. The molecule has 0 aliphatic rings. The highest BCUT2D eigenvalue weighted by Gasteiger charge is 2.10. The first-order valence-corrected chi connectivity index (χ1v) is 8.17. The second-order valence-corrected chi connectivity index (χ2v) is 5.57. The summed E-state index contributed by atoms with van der Waals surface area (Å²) in [6.07, 6.45) is 0. The Balaban J connectivity index is 1.55. The summed E-state index contributed by atoms with van der Waals surface area (Å²) in [5.74, 6) is -0.0402. The average molecular weight is 346 g/mol. The third-order valence-electron chi connectivity index (χ3n) is 3.64. The van der Waals surface area contributed by atoms with Crippen LogP contribution in [-0.4, -0.2) is 18.2 Å². The number of para-hydroxylation sites is 1. The maximum atomic E-state index is 12.4. The summed E-state index contributed by atoms with van der Waals surface area (Å²) >= 11 is 0. The zero-order chi connectivity index (χ0) is 18.2. The van der Waals surface area contributed by atoms with Crippen LogP contribution in [0.15, 0.2) is 84.9 Å². The molecule has 0 saturated carbocycles. The van der Waals surface area contributed by atoms with Gasteiger partial charge in [-0.15, -0.1) is 0 Å². The summed E-state index contributed by atoms with van der Waals surface area (Å²) in [7, 11) is 0. The van der Waals surface area contributed by atoms with Crippen molar-refractivity contribution in [2.24, 2.45) is 0 Å². The van der Waals surface area contributed by atoms with E-state index in [0.717, 1.165) is 5.69 Å². The number of carbonyl (C=O) groups is 2. The van der Waals surface area contributed by atoms with Crippen molar-refractivity contribution in [2.45, 2.75) is 0 Å². The molecule has 5 nitrogen and oxygen atoms in total. The third kappa shape index (κ3) is 4.70. The van der Waals surface area contributed by atoms with Crippen LogP contribution in [0, 0.1) is 0 Å². The number of hydroxylamine groups is 1. The fraction of sp³-hybridized carbons (Fsp3) is 0.0476. The Morgan fingerprint density at radius 2 is 1.42 bits per heavy atom. The number of hydrogen-bond donors (Lipinski definition) is 2. The number of ketones is 1. The standard InChI is InChI=1S/C21H18N2O3/c24-20(15-22-18-11-5-2-6-12-18)23-26-19-13-7-10-17(14-19)21(25)16-8-3-1-4-9-16/h1-14,22H,15H2,(H,23,24). The van der Waals surface area contributed by atoms with Gasteiger partial charge in [0.25, 0.3) is 5.91 Å². The fourth-order valence-electron chi connectivity index (χ4n) is 2.35. The van der Waals surface area contributed by atoms with Crippen molar-refractivity contribution in [1.82, 2.24) is 5.48 Å². The molecule has 0 aliphatic heterocycles. The fourth-order valence-corrected chi connectivity index (χ4v) is 2.35. The van der Waals surface area contributed by atoms with E-state index in [9.17, 15) is 9.59 Å². The lowest BCUT2D eigenvalue weighted by Gasteiger charge is -2.09. The molecule has 0 radical (unpaired) electrons. The first kappa shape index (κ1) is 17.2. The summed E-state index contributed by atoms with van der Waals surface area (Å²) in [5, 5.41) is 2.99. The Labute approximate surface area is 151 Å². The van der Waals surface area contributed by atoms with Gasteiger partial charge < -0.3 is 10.2 Å². The molecule has 3 aromatic rings. The predicted octanol–water partition coefficient (Wildman–Crippen LogP) is 3.44.